The van der Waals surface area contributed by atoms with E-state index in [1.165, 1.54) is 0 Å². The van der Waals surface area contributed by atoms with Crippen molar-refractivity contribution in [3.05, 3.63) is 83.9 Å². The van der Waals surface area contributed by atoms with Gasteiger partial charge in [-0.05, 0) is 43.2 Å². The molecule has 7 heteroatoms. The van der Waals surface area contributed by atoms with Crippen molar-refractivity contribution in [2.75, 3.05) is 13.2 Å². The first-order valence-corrected chi connectivity index (χ1v) is 12.6. The molecule has 0 fully saturated rings. The van der Waals surface area contributed by atoms with Crippen LogP contribution in [0.2, 0.25) is 0 Å². The number of aliphatic hydroxyl groups is 1. The molecule has 7 nitrogen and oxygen atoms in total. The molecule has 1 aliphatic rings. The molecule has 2 aromatic carbocycles. The molecule has 0 aromatic heterocycles. The molecule has 2 amide bonds. The summed E-state index contributed by atoms with van der Waals surface area (Å²) >= 11 is 0. The number of hydrogen-bond acceptors (Lipinski definition) is 5. The average Bonchev–Trinajstić information content (AvgIpc) is 2.89. The first kappa shape index (κ1) is 27.1. The standard InChI is InChI=1S/C29H36N2O5/c32-20-25(18-22-12-6-4-7-13-22)30-27(33)19-24-16-8-2-1-3-11-17-28(34)36-21-26(31-29(24)35)23-14-9-5-10-15-23/h2,4-10,12-15,24-26,32H,1,3,11,16-21H2,(H,30,33)(H,31,35)/t24-,25+,26-/m1/s1. The van der Waals surface area contributed by atoms with E-state index in [0.717, 1.165) is 30.4 Å². The van der Waals surface area contributed by atoms with E-state index in [4.69, 9.17) is 4.74 Å². The van der Waals surface area contributed by atoms with Crippen molar-refractivity contribution in [2.45, 2.75) is 57.0 Å². The van der Waals surface area contributed by atoms with Crippen LogP contribution in [0.25, 0.3) is 0 Å². The molecule has 36 heavy (non-hydrogen) atoms. The Labute approximate surface area is 212 Å². The topological polar surface area (TPSA) is 105 Å². The maximum atomic E-state index is 13.3. The monoisotopic (exact) mass is 492 g/mol. The second kappa shape index (κ2) is 14.8. The molecule has 0 saturated carbocycles. The van der Waals surface area contributed by atoms with Crippen LogP contribution in [0.3, 0.4) is 0 Å². The zero-order valence-corrected chi connectivity index (χ0v) is 20.6. The highest BCUT2D eigenvalue weighted by Gasteiger charge is 2.26. The number of carbonyl (C=O) groups excluding carboxylic acids is 3. The molecular formula is C29H36N2O5. The van der Waals surface area contributed by atoms with Gasteiger partial charge in [0.25, 0.3) is 0 Å². The number of hydrogen-bond donors (Lipinski definition) is 3. The van der Waals surface area contributed by atoms with E-state index in [0.29, 0.717) is 19.3 Å². The molecule has 1 heterocycles. The lowest BCUT2D eigenvalue weighted by Gasteiger charge is -2.23. The van der Waals surface area contributed by atoms with Crippen molar-refractivity contribution in [3.63, 3.8) is 0 Å². The maximum absolute atomic E-state index is 13.3. The Kier molecular flexibility index (Phi) is 11.2. The zero-order chi connectivity index (χ0) is 25.6. The van der Waals surface area contributed by atoms with Gasteiger partial charge in [-0.15, -0.1) is 0 Å². The Morgan fingerprint density at radius 2 is 1.75 bits per heavy atom. The van der Waals surface area contributed by atoms with Gasteiger partial charge < -0.3 is 20.5 Å². The van der Waals surface area contributed by atoms with Gasteiger partial charge in [-0.25, -0.2) is 0 Å². The largest absolute Gasteiger partial charge is 0.463 e. The number of rotatable bonds is 7. The summed E-state index contributed by atoms with van der Waals surface area (Å²) in [6.45, 7) is -0.161. The van der Waals surface area contributed by atoms with Gasteiger partial charge in [0.1, 0.15) is 6.61 Å². The van der Waals surface area contributed by atoms with Crippen LogP contribution >= 0.6 is 0 Å². The Balaban J connectivity index is 1.70. The highest BCUT2D eigenvalue weighted by atomic mass is 16.5. The molecule has 3 N–H and O–H groups in total. The minimum atomic E-state index is -0.595. The maximum Gasteiger partial charge on any atom is 0.305 e. The summed E-state index contributed by atoms with van der Waals surface area (Å²) in [5.41, 5.74) is 1.84. The summed E-state index contributed by atoms with van der Waals surface area (Å²) in [5, 5.41) is 15.7. The van der Waals surface area contributed by atoms with Gasteiger partial charge in [0, 0.05) is 12.8 Å². The van der Waals surface area contributed by atoms with E-state index in [9.17, 15) is 19.5 Å². The Morgan fingerprint density at radius 1 is 1.03 bits per heavy atom. The lowest BCUT2D eigenvalue weighted by molar-refractivity contribution is -0.145. The van der Waals surface area contributed by atoms with Gasteiger partial charge in [-0.2, -0.15) is 0 Å². The minimum absolute atomic E-state index is 0.0112. The van der Waals surface area contributed by atoms with E-state index in [-0.39, 0.29) is 37.4 Å². The third-order valence-corrected chi connectivity index (χ3v) is 6.23. The molecule has 0 spiro atoms. The number of amides is 2. The lowest BCUT2D eigenvalue weighted by atomic mass is 9.97. The molecule has 3 rings (SSSR count). The van der Waals surface area contributed by atoms with Crippen molar-refractivity contribution in [1.29, 1.82) is 0 Å². The SMILES string of the molecule is O=C(C[C@H]1CC=CCCCCC(=O)OC[C@H](c2ccccc2)NC1=O)N[C@H](CO)Cc1ccccc1. The summed E-state index contributed by atoms with van der Waals surface area (Å²) in [6.07, 6.45) is 7.57. The van der Waals surface area contributed by atoms with Gasteiger partial charge in [-0.1, -0.05) is 72.8 Å². The number of esters is 1. The van der Waals surface area contributed by atoms with Crippen LogP contribution in [0, 0.1) is 5.92 Å². The first-order chi connectivity index (χ1) is 17.5. The highest BCUT2D eigenvalue weighted by molar-refractivity contribution is 5.86. The molecule has 1 aliphatic heterocycles. The van der Waals surface area contributed by atoms with Crippen LogP contribution in [0.1, 0.15) is 55.7 Å². The Bertz CT molecular complexity index is 993. The quantitative estimate of drug-likeness (QED) is 0.404. The Hall–Kier alpha value is -3.45. The number of benzene rings is 2. The van der Waals surface area contributed by atoms with Crippen molar-refractivity contribution < 1.29 is 24.2 Å². The van der Waals surface area contributed by atoms with Gasteiger partial charge in [-0.3, -0.25) is 14.4 Å². The molecule has 0 unspecified atom stereocenters. The molecule has 0 aliphatic carbocycles. The summed E-state index contributed by atoms with van der Waals surface area (Å²) < 4.78 is 5.46. The second-order valence-electron chi connectivity index (χ2n) is 9.15. The summed E-state index contributed by atoms with van der Waals surface area (Å²) in [7, 11) is 0. The molecule has 0 saturated heterocycles. The molecule has 0 bridgehead atoms. The minimum Gasteiger partial charge on any atom is -0.463 e. The molecule has 192 valence electrons. The normalized spacial score (nSPS) is 20.5. The van der Waals surface area contributed by atoms with E-state index in [1.807, 2.05) is 72.8 Å². The van der Waals surface area contributed by atoms with Gasteiger partial charge in [0.15, 0.2) is 0 Å². The van der Waals surface area contributed by atoms with E-state index < -0.39 is 18.0 Å². The van der Waals surface area contributed by atoms with Gasteiger partial charge in [0.05, 0.1) is 24.6 Å². The molecule has 0 radical (unpaired) electrons. The van der Waals surface area contributed by atoms with Crippen LogP contribution in [-0.4, -0.2) is 42.1 Å². The molecule has 2 aromatic rings. The Morgan fingerprint density at radius 3 is 2.47 bits per heavy atom. The number of ether oxygens (including phenoxy) is 1. The van der Waals surface area contributed by atoms with Crippen LogP contribution in [0.5, 0.6) is 0 Å². The average molecular weight is 493 g/mol. The number of cyclic esters (lactones) is 1. The van der Waals surface area contributed by atoms with Gasteiger partial charge >= 0.3 is 5.97 Å². The van der Waals surface area contributed by atoms with Gasteiger partial charge in [0.2, 0.25) is 11.8 Å². The third kappa shape index (κ3) is 9.30. The fourth-order valence-electron chi connectivity index (χ4n) is 4.21. The molecule has 3 atom stereocenters. The smallest absolute Gasteiger partial charge is 0.305 e. The van der Waals surface area contributed by atoms with E-state index >= 15 is 0 Å². The molecular weight excluding hydrogens is 456 g/mol. The van der Waals surface area contributed by atoms with Crippen molar-refractivity contribution in [2.24, 2.45) is 5.92 Å². The highest BCUT2D eigenvalue weighted by Crippen LogP contribution is 2.19. The van der Waals surface area contributed by atoms with Crippen molar-refractivity contribution in [3.8, 4) is 0 Å². The summed E-state index contributed by atoms with van der Waals surface area (Å²) in [4.78, 5) is 38.4. The van der Waals surface area contributed by atoms with Crippen LogP contribution in [-0.2, 0) is 25.5 Å². The number of nitrogens with one attached hydrogen (secondary N) is 2. The summed E-state index contributed by atoms with van der Waals surface area (Å²) in [5.74, 6) is -1.44. The predicted molar refractivity (Wildman–Crippen MR) is 138 cm³/mol. The predicted octanol–water partition coefficient (Wildman–Crippen LogP) is 3.63. The van der Waals surface area contributed by atoms with Crippen molar-refractivity contribution in [1.82, 2.24) is 10.6 Å². The van der Waals surface area contributed by atoms with Crippen LogP contribution < -0.4 is 10.6 Å². The van der Waals surface area contributed by atoms with E-state index in [2.05, 4.69) is 10.6 Å². The number of carbonyl (C=O) groups is 3. The van der Waals surface area contributed by atoms with Crippen LogP contribution in [0.15, 0.2) is 72.8 Å². The lowest BCUT2D eigenvalue weighted by Crippen LogP contribution is -2.42. The fraction of sp³-hybridized carbons (Fsp3) is 0.414. The second-order valence-corrected chi connectivity index (χ2v) is 9.15. The third-order valence-electron chi connectivity index (χ3n) is 6.23. The number of aliphatic hydroxyl groups excluding tert-OH is 1. The fourth-order valence-corrected chi connectivity index (χ4v) is 4.21. The van der Waals surface area contributed by atoms with E-state index in [1.54, 1.807) is 0 Å². The zero-order valence-electron chi connectivity index (χ0n) is 20.6. The van der Waals surface area contributed by atoms with Crippen molar-refractivity contribution >= 4 is 17.8 Å². The summed E-state index contributed by atoms with van der Waals surface area (Å²) in [6, 6.07) is 18.0. The number of allylic oxidation sites excluding steroid dienone is 2. The van der Waals surface area contributed by atoms with Crippen LogP contribution in [0.4, 0.5) is 0 Å². The first-order valence-electron chi connectivity index (χ1n) is 12.6.